The van der Waals surface area contributed by atoms with E-state index >= 15 is 0 Å². The number of nitrogens with zero attached hydrogens (tertiary/aromatic N) is 2. The zero-order valence-electron chi connectivity index (χ0n) is 13.2. The van der Waals surface area contributed by atoms with Crippen LogP contribution in [0.25, 0.3) is 0 Å². The number of amides is 1. The third-order valence-corrected chi connectivity index (χ3v) is 5.68. The fourth-order valence-corrected chi connectivity index (χ4v) is 4.50. The number of carbonyl (C=O) groups is 2. The molecule has 3 atom stereocenters. The Morgan fingerprint density at radius 3 is 2.48 bits per heavy atom. The molecule has 0 bridgehead atoms. The molecule has 3 fully saturated rings. The van der Waals surface area contributed by atoms with Crippen molar-refractivity contribution in [3.8, 4) is 0 Å². The van der Waals surface area contributed by atoms with Crippen LogP contribution in [0.2, 0.25) is 0 Å². The summed E-state index contributed by atoms with van der Waals surface area (Å²) in [5, 5.41) is 0. The normalized spacial score (nSPS) is 32.6. The number of likely N-dealkylation sites (tertiary alicyclic amines) is 2. The van der Waals surface area contributed by atoms with Crippen molar-refractivity contribution in [2.24, 2.45) is 5.92 Å². The van der Waals surface area contributed by atoms with E-state index in [9.17, 15) is 9.59 Å². The van der Waals surface area contributed by atoms with E-state index in [1.165, 1.54) is 6.42 Å². The van der Waals surface area contributed by atoms with Gasteiger partial charge in [-0.3, -0.25) is 14.5 Å². The van der Waals surface area contributed by atoms with E-state index in [0.717, 1.165) is 64.6 Å². The van der Waals surface area contributed by atoms with Gasteiger partial charge in [0.05, 0.1) is 6.04 Å². The lowest BCUT2D eigenvalue weighted by molar-refractivity contribution is -0.139. The molecular weight excluding hydrogens is 264 g/mol. The van der Waals surface area contributed by atoms with E-state index in [4.69, 9.17) is 0 Å². The highest BCUT2D eigenvalue weighted by Crippen LogP contribution is 2.34. The first-order valence-electron chi connectivity index (χ1n) is 8.76. The SMILES string of the molecule is CC(C(=O)N1CCCCC1)N1CCCC1C1CCCC1=O. The van der Waals surface area contributed by atoms with Crippen LogP contribution in [0.15, 0.2) is 0 Å². The predicted molar refractivity (Wildman–Crippen MR) is 82.0 cm³/mol. The molecule has 3 rings (SSSR count). The van der Waals surface area contributed by atoms with Crippen LogP contribution >= 0.6 is 0 Å². The summed E-state index contributed by atoms with van der Waals surface area (Å²) >= 11 is 0. The molecule has 0 radical (unpaired) electrons. The Labute approximate surface area is 127 Å². The number of Topliss-reactive ketones (excluding diaryl/α,β-unsaturated/α-hetero) is 1. The predicted octanol–water partition coefficient (Wildman–Crippen LogP) is 2.22. The molecule has 0 aromatic heterocycles. The number of carbonyl (C=O) groups excluding carboxylic acids is 2. The van der Waals surface area contributed by atoms with Gasteiger partial charge < -0.3 is 4.90 Å². The fourth-order valence-electron chi connectivity index (χ4n) is 4.50. The van der Waals surface area contributed by atoms with Crippen molar-refractivity contribution in [2.75, 3.05) is 19.6 Å². The highest BCUT2D eigenvalue weighted by molar-refractivity contribution is 5.84. The van der Waals surface area contributed by atoms with Crippen molar-refractivity contribution in [3.63, 3.8) is 0 Å². The molecule has 118 valence electrons. The molecule has 1 saturated carbocycles. The Morgan fingerprint density at radius 1 is 1.05 bits per heavy atom. The maximum absolute atomic E-state index is 12.7. The number of hydrogen-bond acceptors (Lipinski definition) is 3. The van der Waals surface area contributed by atoms with Crippen molar-refractivity contribution in [3.05, 3.63) is 0 Å². The van der Waals surface area contributed by atoms with Crippen molar-refractivity contribution >= 4 is 11.7 Å². The van der Waals surface area contributed by atoms with Gasteiger partial charge in [-0.25, -0.2) is 0 Å². The maximum Gasteiger partial charge on any atom is 0.239 e. The Kier molecular flexibility index (Phi) is 4.63. The van der Waals surface area contributed by atoms with Crippen LogP contribution in [0.4, 0.5) is 0 Å². The van der Waals surface area contributed by atoms with E-state index in [1.807, 2.05) is 4.90 Å². The first-order chi connectivity index (χ1) is 10.2. The van der Waals surface area contributed by atoms with Crippen molar-refractivity contribution in [1.29, 1.82) is 0 Å². The Balaban J connectivity index is 1.66. The Morgan fingerprint density at radius 2 is 1.81 bits per heavy atom. The third-order valence-electron chi connectivity index (χ3n) is 5.68. The van der Waals surface area contributed by atoms with Crippen molar-refractivity contribution in [1.82, 2.24) is 9.80 Å². The van der Waals surface area contributed by atoms with Crippen LogP contribution in [0.1, 0.15) is 58.3 Å². The molecule has 3 unspecified atom stereocenters. The second-order valence-corrected chi connectivity index (χ2v) is 6.97. The molecule has 1 amide bonds. The maximum atomic E-state index is 12.7. The lowest BCUT2D eigenvalue weighted by Gasteiger charge is -2.36. The molecule has 0 aromatic rings. The van der Waals surface area contributed by atoms with Crippen LogP contribution in [0.5, 0.6) is 0 Å². The summed E-state index contributed by atoms with van der Waals surface area (Å²) < 4.78 is 0. The van der Waals surface area contributed by atoms with Gasteiger partial charge in [0.2, 0.25) is 5.91 Å². The fraction of sp³-hybridized carbons (Fsp3) is 0.882. The highest BCUT2D eigenvalue weighted by Gasteiger charge is 2.41. The van der Waals surface area contributed by atoms with E-state index in [-0.39, 0.29) is 17.9 Å². The van der Waals surface area contributed by atoms with Gasteiger partial charge in [-0.1, -0.05) is 0 Å². The molecule has 4 heteroatoms. The van der Waals surface area contributed by atoms with Crippen LogP contribution in [-0.4, -0.2) is 53.2 Å². The molecule has 0 spiro atoms. The van der Waals surface area contributed by atoms with E-state index in [0.29, 0.717) is 11.8 Å². The molecule has 2 heterocycles. The monoisotopic (exact) mass is 292 g/mol. The van der Waals surface area contributed by atoms with E-state index < -0.39 is 0 Å². The number of piperidine rings is 1. The van der Waals surface area contributed by atoms with Gasteiger partial charge >= 0.3 is 0 Å². The summed E-state index contributed by atoms with van der Waals surface area (Å²) in [5.41, 5.74) is 0. The number of hydrogen-bond donors (Lipinski definition) is 0. The van der Waals surface area contributed by atoms with E-state index in [2.05, 4.69) is 11.8 Å². The Hall–Kier alpha value is -0.900. The van der Waals surface area contributed by atoms with Gasteiger partial charge in [-0.2, -0.15) is 0 Å². The topological polar surface area (TPSA) is 40.6 Å². The summed E-state index contributed by atoms with van der Waals surface area (Å²) in [6.45, 7) is 4.87. The van der Waals surface area contributed by atoms with Crippen molar-refractivity contribution in [2.45, 2.75) is 70.4 Å². The smallest absolute Gasteiger partial charge is 0.239 e. The lowest BCUT2D eigenvalue weighted by Crippen LogP contribution is -2.52. The lowest BCUT2D eigenvalue weighted by atomic mass is 9.94. The van der Waals surface area contributed by atoms with E-state index in [1.54, 1.807) is 0 Å². The van der Waals surface area contributed by atoms with Gasteiger partial charge in [0.25, 0.3) is 0 Å². The van der Waals surface area contributed by atoms with Gasteiger partial charge in [-0.05, 0) is 58.4 Å². The minimum atomic E-state index is -0.0519. The van der Waals surface area contributed by atoms with Crippen LogP contribution in [-0.2, 0) is 9.59 Å². The zero-order valence-corrected chi connectivity index (χ0v) is 13.2. The average molecular weight is 292 g/mol. The largest absolute Gasteiger partial charge is 0.341 e. The zero-order chi connectivity index (χ0) is 14.8. The molecule has 0 aromatic carbocycles. The quantitative estimate of drug-likeness (QED) is 0.801. The summed E-state index contributed by atoms with van der Waals surface area (Å²) in [7, 11) is 0. The standard InChI is InChI=1S/C17H28N2O2/c1-13(17(21)18-10-3-2-4-11-18)19-12-6-8-15(19)14-7-5-9-16(14)20/h13-15H,2-12H2,1H3. The third kappa shape index (κ3) is 3.01. The summed E-state index contributed by atoms with van der Waals surface area (Å²) in [4.78, 5) is 29.2. The second-order valence-electron chi connectivity index (χ2n) is 6.97. The van der Waals surface area contributed by atoms with Gasteiger partial charge in [-0.15, -0.1) is 0 Å². The van der Waals surface area contributed by atoms with Gasteiger partial charge in [0.15, 0.2) is 0 Å². The molecule has 4 nitrogen and oxygen atoms in total. The van der Waals surface area contributed by atoms with Crippen molar-refractivity contribution < 1.29 is 9.59 Å². The van der Waals surface area contributed by atoms with Gasteiger partial charge in [0, 0.05) is 31.5 Å². The molecule has 0 N–H and O–H groups in total. The first-order valence-corrected chi connectivity index (χ1v) is 8.76. The molecule has 2 saturated heterocycles. The van der Waals surface area contributed by atoms with Gasteiger partial charge in [0.1, 0.15) is 5.78 Å². The minimum absolute atomic E-state index is 0.0519. The highest BCUT2D eigenvalue weighted by atomic mass is 16.2. The average Bonchev–Trinajstić information content (AvgIpc) is 3.14. The molecule has 1 aliphatic carbocycles. The van der Waals surface area contributed by atoms with Crippen LogP contribution in [0, 0.1) is 5.92 Å². The minimum Gasteiger partial charge on any atom is -0.341 e. The number of ketones is 1. The molecule has 21 heavy (non-hydrogen) atoms. The Bertz CT molecular complexity index is 404. The second kappa shape index (κ2) is 6.47. The number of rotatable bonds is 3. The summed E-state index contributed by atoms with van der Waals surface area (Å²) in [6, 6.07) is 0.271. The molecule has 3 aliphatic rings. The molecular formula is C17H28N2O2. The van der Waals surface area contributed by atoms with Crippen LogP contribution < -0.4 is 0 Å². The first kappa shape index (κ1) is 15.0. The summed E-state index contributed by atoms with van der Waals surface area (Å²) in [6.07, 6.45) is 8.59. The van der Waals surface area contributed by atoms with Crippen LogP contribution in [0.3, 0.4) is 0 Å². The molecule has 2 aliphatic heterocycles. The summed E-state index contributed by atoms with van der Waals surface area (Å²) in [5.74, 6) is 0.917.